The van der Waals surface area contributed by atoms with Crippen LogP contribution in [0.2, 0.25) is 0 Å². The quantitative estimate of drug-likeness (QED) is 0.624. The number of rotatable bonds is 3. The van der Waals surface area contributed by atoms with Crippen LogP contribution in [0.25, 0.3) is 0 Å². The first-order chi connectivity index (χ1) is 8.83. The van der Waals surface area contributed by atoms with E-state index >= 15 is 0 Å². The van der Waals surface area contributed by atoms with Gasteiger partial charge in [0.05, 0.1) is 7.11 Å². The highest BCUT2D eigenvalue weighted by Crippen LogP contribution is 1.99. The van der Waals surface area contributed by atoms with Crippen molar-refractivity contribution in [3.63, 3.8) is 0 Å². The lowest BCUT2D eigenvalue weighted by Crippen LogP contribution is -2.49. The molecule has 0 heterocycles. The minimum Gasteiger partial charge on any atom is -0.451 e. The molecule has 0 saturated heterocycles. The Bertz CT molecular complexity index is 342. The van der Waals surface area contributed by atoms with E-state index in [1.165, 1.54) is 12.0 Å². The molecule has 0 aromatic carbocycles. The summed E-state index contributed by atoms with van der Waals surface area (Å²) in [7, 11) is 6.18. The van der Waals surface area contributed by atoms with Gasteiger partial charge in [-0.05, 0) is 13.3 Å². The maximum Gasteiger partial charge on any atom is 0.436 e. The number of carbonyl (C=O) groups excluding carboxylic acids is 2. The molecule has 19 heavy (non-hydrogen) atoms. The van der Waals surface area contributed by atoms with E-state index in [1.54, 1.807) is 26.0 Å². The van der Waals surface area contributed by atoms with Crippen molar-refractivity contribution in [2.45, 2.75) is 32.7 Å². The van der Waals surface area contributed by atoms with Crippen LogP contribution in [-0.2, 0) is 4.74 Å². The van der Waals surface area contributed by atoms with Gasteiger partial charge in [-0.3, -0.25) is 4.90 Å². The number of ether oxygens (including phenoxy) is 1. The summed E-state index contributed by atoms with van der Waals surface area (Å²) < 4.78 is 4.47. The van der Waals surface area contributed by atoms with E-state index in [0.717, 1.165) is 12.8 Å². The predicted octanol–water partition coefficient (Wildman–Crippen LogP) is 1.50. The van der Waals surface area contributed by atoms with Gasteiger partial charge in [0.1, 0.15) is 0 Å². The Hall–Kier alpha value is -1.79. The molecule has 0 saturated carbocycles. The normalized spacial score (nSPS) is 12.6. The topological polar surface area (TPSA) is 74.2 Å². The SMILES string of the molecule is CCCC(C)NC(=O)N(C)C(=NC(=O)OC)N(C)C. The van der Waals surface area contributed by atoms with E-state index in [4.69, 9.17) is 0 Å². The third-order valence-corrected chi connectivity index (χ3v) is 2.46. The van der Waals surface area contributed by atoms with Crippen LogP contribution in [0, 0.1) is 0 Å². The van der Waals surface area contributed by atoms with Crippen molar-refractivity contribution in [1.82, 2.24) is 15.1 Å². The van der Waals surface area contributed by atoms with Crippen LogP contribution in [0.3, 0.4) is 0 Å². The molecule has 7 nitrogen and oxygen atoms in total. The molecule has 1 atom stereocenters. The van der Waals surface area contributed by atoms with Gasteiger partial charge < -0.3 is 15.0 Å². The molecule has 7 heteroatoms. The van der Waals surface area contributed by atoms with Gasteiger partial charge in [-0.2, -0.15) is 0 Å². The fraction of sp³-hybridized carbons (Fsp3) is 0.750. The van der Waals surface area contributed by atoms with E-state index in [2.05, 4.69) is 22.0 Å². The van der Waals surface area contributed by atoms with Crippen LogP contribution in [-0.4, -0.2) is 62.2 Å². The summed E-state index contributed by atoms with van der Waals surface area (Å²) >= 11 is 0. The van der Waals surface area contributed by atoms with Crippen molar-refractivity contribution < 1.29 is 14.3 Å². The highest BCUT2D eigenvalue weighted by Gasteiger charge is 2.19. The second kappa shape index (κ2) is 8.34. The number of amides is 3. The molecule has 0 aromatic rings. The van der Waals surface area contributed by atoms with Gasteiger partial charge in [0.15, 0.2) is 0 Å². The molecule has 1 N–H and O–H groups in total. The molecule has 1 unspecified atom stereocenters. The largest absolute Gasteiger partial charge is 0.451 e. The van der Waals surface area contributed by atoms with E-state index in [-0.39, 0.29) is 18.0 Å². The molecule has 110 valence electrons. The zero-order valence-electron chi connectivity index (χ0n) is 12.6. The third-order valence-electron chi connectivity index (χ3n) is 2.46. The van der Waals surface area contributed by atoms with Crippen LogP contribution < -0.4 is 5.32 Å². The fourth-order valence-electron chi connectivity index (χ4n) is 1.51. The number of nitrogens with one attached hydrogen (secondary N) is 1. The van der Waals surface area contributed by atoms with Gasteiger partial charge in [-0.1, -0.05) is 13.3 Å². The summed E-state index contributed by atoms with van der Waals surface area (Å²) in [5.74, 6) is 0.216. The van der Waals surface area contributed by atoms with Crippen molar-refractivity contribution in [2.24, 2.45) is 4.99 Å². The predicted molar refractivity (Wildman–Crippen MR) is 74.2 cm³/mol. The van der Waals surface area contributed by atoms with Gasteiger partial charge in [0.2, 0.25) is 5.96 Å². The first kappa shape index (κ1) is 17.2. The van der Waals surface area contributed by atoms with Crippen molar-refractivity contribution in [3.05, 3.63) is 0 Å². The van der Waals surface area contributed by atoms with Gasteiger partial charge in [0, 0.05) is 27.2 Å². The average molecular weight is 272 g/mol. The number of urea groups is 1. The maximum atomic E-state index is 12.0. The number of carbonyl (C=O) groups is 2. The Kier molecular flexibility index (Phi) is 7.55. The Morgan fingerprint density at radius 1 is 1.32 bits per heavy atom. The first-order valence-electron chi connectivity index (χ1n) is 6.21. The zero-order valence-corrected chi connectivity index (χ0v) is 12.6. The van der Waals surface area contributed by atoms with Crippen molar-refractivity contribution in [2.75, 3.05) is 28.3 Å². The standard InChI is InChI=1S/C12H24N4O3/c1-7-8-9(2)13-11(17)16(5)10(15(3)4)14-12(18)19-6/h9H,7-8H2,1-6H3,(H,13,17). The zero-order chi connectivity index (χ0) is 15.0. The molecule has 3 amide bonds. The molecule has 0 aromatic heterocycles. The van der Waals surface area contributed by atoms with E-state index in [0.29, 0.717) is 0 Å². The third kappa shape index (κ3) is 6.08. The summed E-state index contributed by atoms with van der Waals surface area (Å²) in [6.45, 7) is 3.98. The van der Waals surface area contributed by atoms with Crippen LogP contribution in [0.4, 0.5) is 9.59 Å². The summed E-state index contributed by atoms with van der Waals surface area (Å²) in [4.78, 5) is 29.7. The monoisotopic (exact) mass is 272 g/mol. The molecular weight excluding hydrogens is 248 g/mol. The Labute approximate surface area is 114 Å². The molecule has 0 aliphatic rings. The van der Waals surface area contributed by atoms with E-state index < -0.39 is 6.09 Å². The second-order valence-corrected chi connectivity index (χ2v) is 4.47. The number of guanidine groups is 1. The molecule has 0 spiro atoms. The summed E-state index contributed by atoms with van der Waals surface area (Å²) in [5, 5.41) is 2.83. The fourth-order valence-corrected chi connectivity index (χ4v) is 1.51. The smallest absolute Gasteiger partial charge is 0.436 e. The molecule has 0 radical (unpaired) electrons. The minimum atomic E-state index is -0.745. The van der Waals surface area contributed by atoms with Crippen molar-refractivity contribution in [3.8, 4) is 0 Å². The van der Waals surface area contributed by atoms with Crippen LogP contribution in [0.5, 0.6) is 0 Å². The number of hydrogen-bond acceptors (Lipinski definition) is 3. The van der Waals surface area contributed by atoms with Gasteiger partial charge in [-0.15, -0.1) is 4.99 Å². The van der Waals surface area contributed by atoms with E-state index in [1.807, 2.05) is 6.92 Å². The lowest BCUT2D eigenvalue weighted by Gasteiger charge is -2.26. The van der Waals surface area contributed by atoms with Crippen molar-refractivity contribution >= 4 is 18.1 Å². The van der Waals surface area contributed by atoms with Gasteiger partial charge in [0.25, 0.3) is 0 Å². The summed E-state index contributed by atoms with van der Waals surface area (Å²) in [6.07, 6.45) is 1.14. The number of aliphatic imine (C=N–C) groups is 1. The average Bonchev–Trinajstić information content (AvgIpc) is 2.34. The Morgan fingerprint density at radius 2 is 1.89 bits per heavy atom. The Balaban J connectivity index is 4.81. The molecule has 0 rings (SSSR count). The molecule has 0 fully saturated rings. The lowest BCUT2D eigenvalue weighted by atomic mass is 10.2. The highest BCUT2D eigenvalue weighted by atomic mass is 16.5. The van der Waals surface area contributed by atoms with Crippen molar-refractivity contribution in [1.29, 1.82) is 0 Å². The summed E-state index contributed by atoms with van der Waals surface area (Å²) in [6, 6.07) is -0.237. The Morgan fingerprint density at radius 3 is 2.32 bits per heavy atom. The molecule has 0 aliphatic heterocycles. The number of hydrogen-bond donors (Lipinski definition) is 1. The lowest BCUT2D eigenvalue weighted by molar-refractivity contribution is 0.181. The first-order valence-corrected chi connectivity index (χ1v) is 6.21. The van der Waals surface area contributed by atoms with Crippen LogP contribution in [0.1, 0.15) is 26.7 Å². The summed E-state index contributed by atoms with van der Waals surface area (Å²) in [5.41, 5.74) is 0. The highest BCUT2D eigenvalue weighted by molar-refractivity contribution is 5.99. The molecule has 0 aliphatic carbocycles. The van der Waals surface area contributed by atoms with Crippen LogP contribution in [0.15, 0.2) is 4.99 Å². The van der Waals surface area contributed by atoms with Gasteiger partial charge >= 0.3 is 12.1 Å². The maximum absolute atomic E-state index is 12.0. The number of methoxy groups -OCH3 is 1. The second-order valence-electron chi connectivity index (χ2n) is 4.47. The van der Waals surface area contributed by atoms with Gasteiger partial charge in [-0.25, -0.2) is 9.59 Å². The number of nitrogens with zero attached hydrogens (tertiary/aromatic N) is 3. The minimum absolute atomic E-state index is 0.0708. The van der Waals surface area contributed by atoms with E-state index in [9.17, 15) is 9.59 Å². The molecule has 0 bridgehead atoms. The molecular formula is C12H24N4O3. The van der Waals surface area contributed by atoms with Crippen LogP contribution >= 0.6 is 0 Å².